The van der Waals surface area contributed by atoms with Gasteiger partial charge in [-0.05, 0) is 25.4 Å². The summed E-state index contributed by atoms with van der Waals surface area (Å²) in [6, 6.07) is 0.178. The third-order valence-corrected chi connectivity index (χ3v) is 4.57. The standard InChI is InChI=1S/C15H19ClF2N4/c1-9(2)22-6-11(12-10(22)5-19-13(16)20-12)21-7-14(3,4)15(17,18)8-21/h5-6,9H,7-8H2,1-4H3. The predicted molar refractivity (Wildman–Crippen MR) is 83.9 cm³/mol. The molecule has 0 amide bonds. The number of fused-ring (bicyclic) bond motifs is 1. The summed E-state index contributed by atoms with van der Waals surface area (Å²) in [6.07, 6.45) is 3.52. The summed E-state index contributed by atoms with van der Waals surface area (Å²) in [5.41, 5.74) is 1.05. The van der Waals surface area contributed by atoms with Crippen LogP contribution in [0.5, 0.6) is 0 Å². The number of aromatic nitrogens is 3. The first kappa shape index (κ1) is 15.5. The van der Waals surface area contributed by atoms with Crippen LogP contribution in [0.3, 0.4) is 0 Å². The van der Waals surface area contributed by atoms with Gasteiger partial charge in [-0.1, -0.05) is 13.8 Å². The number of nitrogens with zero attached hydrogens (tertiary/aromatic N) is 4. The molecule has 7 heteroatoms. The SMILES string of the molecule is CC(C)n1cc(N2CC(C)(C)C(F)(F)C2)c2nc(Cl)ncc21. The topological polar surface area (TPSA) is 34.0 Å². The second-order valence-corrected chi connectivity index (χ2v) is 7.17. The van der Waals surface area contributed by atoms with E-state index >= 15 is 0 Å². The van der Waals surface area contributed by atoms with Crippen LogP contribution in [0.1, 0.15) is 33.7 Å². The van der Waals surface area contributed by atoms with Gasteiger partial charge in [0.25, 0.3) is 5.92 Å². The van der Waals surface area contributed by atoms with Crippen LogP contribution in [-0.4, -0.2) is 33.5 Å². The fraction of sp³-hybridized carbons (Fsp3) is 0.600. The Hall–Kier alpha value is -1.43. The third-order valence-electron chi connectivity index (χ3n) is 4.38. The zero-order chi connectivity index (χ0) is 16.3. The van der Waals surface area contributed by atoms with Gasteiger partial charge in [0, 0.05) is 24.2 Å². The third kappa shape index (κ3) is 2.24. The van der Waals surface area contributed by atoms with E-state index in [0.29, 0.717) is 11.2 Å². The zero-order valence-electron chi connectivity index (χ0n) is 13.1. The van der Waals surface area contributed by atoms with Crippen molar-refractivity contribution in [2.24, 2.45) is 5.41 Å². The number of hydrogen-bond donors (Lipinski definition) is 0. The highest BCUT2D eigenvalue weighted by Gasteiger charge is 2.54. The Morgan fingerprint density at radius 3 is 2.50 bits per heavy atom. The summed E-state index contributed by atoms with van der Waals surface area (Å²) in [7, 11) is 0. The highest BCUT2D eigenvalue weighted by Crippen LogP contribution is 2.46. The average Bonchev–Trinajstić information content (AvgIpc) is 2.84. The highest BCUT2D eigenvalue weighted by atomic mass is 35.5. The molecule has 0 aliphatic carbocycles. The molecular weight excluding hydrogens is 310 g/mol. The van der Waals surface area contributed by atoms with E-state index in [9.17, 15) is 8.78 Å². The maximum absolute atomic E-state index is 14.2. The van der Waals surface area contributed by atoms with Crippen molar-refractivity contribution >= 4 is 28.3 Å². The van der Waals surface area contributed by atoms with E-state index in [0.717, 1.165) is 5.52 Å². The molecule has 0 saturated carbocycles. The van der Waals surface area contributed by atoms with Gasteiger partial charge >= 0.3 is 0 Å². The Balaban J connectivity index is 2.14. The molecule has 1 saturated heterocycles. The molecule has 4 nitrogen and oxygen atoms in total. The minimum atomic E-state index is -2.74. The van der Waals surface area contributed by atoms with Gasteiger partial charge in [-0.3, -0.25) is 0 Å². The van der Waals surface area contributed by atoms with E-state index in [4.69, 9.17) is 11.6 Å². The van der Waals surface area contributed by atoms with Gasteiger partial charge in [-0.2, -0.15) is 0 Å². The van der Waals surface area contributed by atoms with Gasteiger partial charge in [0.2, 0.25) is 5.28 Å². The van der Waals surface area contributed by atoms with E-state index in [1.54, 1.807) is 24.9 Å². The molecule has 2 aromatic rings. The van der Waals surface area contributed by atoms with Gasteiger partial charge < -0.3 is 9.47 Å². The van der Waals surface area contributed by atoms with E-state index in [1.165, 1.54) is 0 Å². The second kappa shape index (κ2) is 4.78. The van der Waals surface area contributed by atoms with Crippen molar-refractivity contribution in [2.45, 2.75) is 39.7 Å². The van der Waals surface area contributed by atoms with Crippen LogP contribution in [0, 0.1) is 5.41 Å². The molecule has 0 atom stereocenters. The monoisotopic (exact) mass is 328 g/mol. The molecule has 3 rings (SSSR count). The molecular formula is C15H19ClF2N4. The van der Waals surface area contributed by atoms with Crippen molar-refractivity contribution in [1.82, 2.24) is 14.5 Å². The Morgan fingerprint density at radius 1 is 1.27 bits per heavy atom. The fourth-order valence-corrected chi connectivity index (χ4v) is 3.06. The van der Waals surface area contributed by atoms with Crippen molar-refractivity contribution in [3.05, 3.63) is 17.7 Å². The summed E-state index contributed by atoms with van der Waals surface area (Å²) in [6.45, 7) is 7.21. The Kier molecular flexibility index (Phi) is 3.36. The van der Waals surface area contributed by atoms with Crippen molar-refractivity contribution in [2.75, 3.05) is 18.0 Å². The van der Waals surface area contributed by atoms with E-state index in [-0.39, 0.29) is 24.4 Å². The molecule has 22 heavy (non-hydrogen) atoms. The molecule has 1 aliphatic heterocycles. The zero-order valence-corrected chi connectivity index (χ0v) is 13.8. The summed E-state index contributed by atoms with van der Waals surface area (Å²) in [4.78, 5) is 9.98. The minimum Gasteiger partial charge on any atom is -0.362 e. The molecule has 0 bridgehead atoms. The van der Waals surface area contributed by atoms with Crippen molar-refractivity contribution in [3.8, 4) is 0 Å². The lowest BCUT2D eigenvalue weighted by Crippen LogP contribution is -2.34. The minimum absolute atomic E-state index is 0.125. The lowest BCUT2D eigenvalue weighted by Gasteiger charge is -2.23. The summed E-state index contributed by atoms with van der Waals surface area (Å²) >= 11 is 5.90. The maximum Gasteiger partial charge on any atom is 0.271 e. The quantitative estimate of drug-likeness (QED) is 0.777. The largest absolute Gasteiger partial charge is 0.362 e. The van der Waals surface area contributed by atoms with Crippen LogP contribution in [0.2, 0.25) is 5.28 Å². The van der Waals surface area contributed by atoms with Crippen molar-refractivity contribution in [3.63, 3.8) is 0 Å². The first-order valence-electron chi connectivity index (χ1n) is 7.28. The number of alkyl halides is 2. The van der Waals surface area contributed by atoms with Gasteiger partial charge in [-0.25, -0.2) is 18.7 Å². The van der Waals surface area contributed by atoms with E-state index < -0.39 is 11.3 Å². The lowest BCUT2D eigenvalue weighted by molar-refractivity contribution is -0.0642. The molecule has 0 aromatic carbocycles. The average molecular weight is 329 g/mol. The lowest BCUT2D eigenvalue weighted by atomic mass is 9.89. The molecule has 0 spiro atoms. The number of anilines is 1. The molecule has 120 valence electrons. The van der Waals surface area contributed by atoms with Crippen molar-refractivity contribution < 1.29 is 8.78 Å². The number of halogens is 3. The molecule has 3 heterocycles. The first-order chi connectivity index (χ1) is 10.1. The maximum atomic E-state index is 14.2. The van der Waals surface area contributed by atoms with Gasteiger partial charge in [-0.15, -0.1) is 0 Å². The van der Waals surface area contributed by atoms with Gasteiger partial charge in [0.15, 0.2) is 0 Å². The van der Waals surface area contributed by atoms with Crippen LogP contribution in [0.4, 0.5) is 14.5 Å². The Labute approximate surface area is 133 Å². The second-order valence-electron chi connectivity index (χ2n) is 6.83. The highest BCUT2D eigenvalue weighted by molar-refractivity contribution is 6.28. The van der Waals surface area contributed by atoms with Crippen LogP contribution < -0.4 is 4.90 Å². The van der Waals surface area contributed by atoms with Gasteiger partial charge in [0.05, 0.1) is 23.9 Å². The molecule has 0 unspecified atom stereocenters. The number of hydrogen-bond acceptors (Lipinski definition) is 3. The molecule has 2 aromatic heterocycles. The molecule has 0 N–H and O–H groups in total. The molecule has 1 fully saturated rings. The van der Waals surface area contributed by atoms with Crippen LogP contribution in [-0.2, 0) is 0 Å². The normalized spacial score (nSPS) is 20.3. The van der Waals surface area contributed by atoms with Crippen LogP contribution in [0.15, 0.2) is 12.4 Å². The fourth-order valence-electron chi connectivity index (χ4n) is 2.93. The predicted octanol–water partition coefficient (Wildman–Crippen LogP) is 4.15. The summed E-state index contributed by atoms with van der Waals surface area (Å²) in [5.74, 6) is -2.74. The van der Waals surface area contributed by atoms with Gasteiger partial charge in [0.1, 0.15) is 5.52 Å². The smallest absolute Gasteiger partial charge is 0.271 e. The van der Waals surface area contributed by atoms with Crippen molar-refractivity contribution in [1.29, 1.82) is 0 Å². The first-order valence-corrected chi connectivity index (χ1v) is 7.66. The van der Waals surface area contributed by atoms with E-state index in [1.807, 2.05) is 24.6 Å². The Morgan fingerprint density at radius 2 is 1.95 bits per heavy atom. The number of rotatable bonds is 2. The molecule has 0 radical (unpaired) electrons. The Bertz CT molecular complexity index is 708. The van der Waals surface area contributed by atoms with Crippen LogP contribution >= 0.6 is 11.6 Å². The summed E-state index contributed by atoms with van der Waals surface area (Å²) in [5, 5.41) is 0.125. The van der Waals surface area contributed by atoms with Crippen LogP contribution in [0.25, 0.3) is 11.0 Å². The summed E-state index contributed by atoms with van der Waals surface area (Å²) < 4.78 is 30.4. The molecule has 1 aliphatic rings. The van der Waals surface area contributed by atoms with E-state index in [2.05, 4.69) is 9.97 Å².